The molecule has 1 saturated heterocycles. The number of nitrogens with zero attached hydrogens (tertiary/aromatic N) is 3. The highest BCUT2D eigenvalue weighted by Gasteiger charge is 2.30. The number of hydrogen-bond donors (Lipinski definition) is 2. The third-order valence-corrected chi connectivity index (χ3v) is 5.32. The minimum Gasteiger partial charge on any atom is -0.368 e. The molecule has 1 amide bonds. The summed E-state index contributed by atoms with van der Waals surface area (Å²) >= 11 is 0. The van der Waals surface area contributed by atoms with Gasteiger partial charge < -0.3 is 20.4 Å². The Morgan fingerprint density at radius 3 is 2.38 bits per heavy atom. The molecule has 2 N–H and O–H groups in total. The molecule has 1 aliphatic rings. The first-order chi connectivity index (χ1) is 15.4. The molecule has 6 nitrogen and oxygen atoms in total. The lowest BCUT2D eigenvalue weighted by atomic mass is 10.1. The number of hydrogen-bond acceptors (Lipinski definition) is 3. The molecule has 172 valence electrons. The Morgan fingerprint density at radius 2 is 1.72 bits per heavy atom. The highest BCUT2D eigenvalue weighted by atomic mass is 19.4. The number of carbonyl (C=O) groups excluding carboxylic acids is 1. The van der Waals surface area contributed by atoms with Gasteiger partial charge >= 0.3 is 6.18 Å². The van der Waals surface area contributed by atoms with Gasteiger partial charge in [0.25, 0.3) is 0 Å². The molecule has 0 radical (unpaired) electrons. The fourth-order valence-corrected chi connectivity index (χ4v) is 3.56. The standard InChI is InChI=1S/C23H28F3N5O/c1-27-22(29-17-18-6-5-7-19(16-18)23(24,25)26)28-11-10-21(32)31-14-12-30(13-15-31)20-8-3-2-4-9-20/h2-9,16H,10-15,17H2,1H3,(H2,27,28,29). The van der Waals surface area contributed by atoms with Crippen molar-refractivity contribution in [3.05, 3.63) is 65.7 Å². The number of alkyl halides is 3. The van der Waals surface area contributed by atoms with Crippen molar-refractivity contribution in [2.24, 2.45) is 4.99 Å². The largest absolute Gasteiger partial charge is 0.416 e. The monoisotopic (exact) mass is 447 g/mol. The van der Waals surface area contributed by atoms with Crippen LogP contribution in [0.15, 0.2) is 59.6 Å². The molecule has 3 rings (SSSR count). The molecule has 0 atom stereocenters. The van der Waals surface area contributed by atoms with Crippen LogP contribution in [0.5, 0.6) is 0 Å². The summed E-state index contributed by atoms with van der Waals surface area (Å²) in [6.45, 7) is 3.53. The number of amides is 1. The number of guanidine groups is 1. The smallest absolute Gasteiger partial charge is 0.368 e. The lowest BCUT2D eigenvalue weighted by molar-refractivity contribution is -0.137. The molecule has 2 aromatic carbocycles. The highest BCUT2D eigenvalue weighted by Crippen LogP contribution is 2.29. The topological polar surface area (TPSA) is 60.0 Å². The van der Waals surface area contributed by atoms with Gasteiger partial charge in [0.15, 0.2) is 5.96 Å². The van der Waals surface area contributed by atoms with Crippen LogP contribution in [-0.2, 0) is 17.5 Å². The summed E-state index contributed by atoms with van der Waals surface area (Å²) < 4.78 is 38.5. The third-order valence-electron chi connectivity index (χ3n) is 5.32. The predicted octanol–water partition coefficient (Wildman–Crippen LogP) is 3.11. The maximum absolute atomic E-state index is 12.8. The minimum absolute atomic E-state index is 0.0681. The molecule has 1 aliphatic heterocycles. The fraction of sp³-hybridized carbons (Fsp3) is 0.391. The molecule has 0 spiro atoms. The number of carbonyl (C=O) groups is 1. The van der Waals surface area contributed by atoms with Crippen molar-refractivity contribution in [1.82, 2.24) is 15.5 Å². The van der Waals surface area contributed by atoms with Gasteiger partial charge in [0.05, 0.1) is 5.56 Å². The van der Waals surface area contributed by atoms with E-state index in [-0.39, 0.29) is 12.5 Å². The van der Waals surface area contributed by atoms with E-state index >= 15 is 0 Å². The second-order valence-corrected chi connectivity index (χ2v) is 7.50. The van der Waals surface area contributed by atoms with Gasteiger partial charge in [-0.15, -0.1) is 0 Å². The van der Waals surface area contributed by atoms with Crippen molar-refractivity contribution in [3.8, 4) is 0 Å². The molecule has 32 heavy (non-hydrogen) atoms. The van der Waals surface area contributed by atoms with E-state index in [4.69, 9.17) is 0 Å². The van der Waals surface area contributed by atoms with Crippen LogP contribution in [-0.4, -0.2) is 56.5 Å². The Labute approximate surface area is 186 Å². The average Bonchev–Trinajstić information content (AvgIpc) is 2.81. The van der Waals surface area contributed by atoms with Crippen molar-refractivity contribution in [1.29, 1.82) is 0 Å². The van der Waals surface area contributed by atoms with Gasteiger partial charge in [-0.25, -0.2) is 0 Å². The summed E-state index contributed by atoms with van der Waals surface area (Å²) in [7, 11) is 1.58. The predicted molar refractivity (Wildman–Crippen MR) is 119 cm³/mol. The van der Waals surface area contributed by atoms with Gasteiger partial charge in [0.2, 0.25) is 5.91 Å². The Kier molecular flexibility index (Phi) is 7.97. The van der Waals surface area contributed by atoms with Crippen LogP contribution in [0.25, 0.3) is 0 Å². The minimum atomic E-state index is -4.37. The van der Waals surface area contributed by atoms with Crippen LogP contribution >= 0.6 is 0 Å². The van der Waals surface area contributed by atoms with E-state index in [0.717, 1.165) is 30.9 Å². The molecular formula is C23H28F3N5O. The number of rotatable bonds is 6. The van der Waals surface area contributed by atoms with Crippen LogP contribution < -0.4 is 15.5 Å². The van der Waals surface area contributed by atoms with Crippen LogP contribution in [0.1, 0.15) is 17.5 Å². The van der Waals surface area contributed by atoms with Crippen LogP contribution in [0, 0.1) is 0 Å². The molecule has 2 aromatic rings. The normalized spacial score (nSPS) is 14.9. The Balaban J connectivity index is 1.39. The van der Waals surface area contributed by atoms with E-state index in [2.05, 4.69) is 32.7 Å². The van der Waals surface area contributed by atoms with Gasteiger partial charge in [-0.05, 0) is 29.8 Å². The summed E-state index contributed by atoms with van der Waals surface area (Å²) in [5.41, 5.74) is 0.977. The number of aliphatic imine (C=N–C) groups is 1. The van der Waals surface area contributed by atoms with Gasteiger partial charge in [-0.3, -0.25) is 9.79 Å². The third kappa shape index (κ3) is 6.63. The van der Waals surface area contributed by atoms with E-state index < -0.39 is 11.7 Å². The first-order valence-electron chi connectivity index (χ1n) is 10.6. The van der Waals surface area contributed by atoms with E-state index in [1.807, 2.05) is 23.1 Å². The van der Waals surface area contributed by atoms with Crippen LogP contribution in [0.4, 0.5) is 18.9 Å². The van der Waals surface area contributed by atoms with Crippen molar-refractivity contribution >= 4 is 17.6 Å². The Morgan fingerprint density at radius 1 is 1.00 bits per heavy atom. The molecular weight excluding hydrogens is 419 g/mol. The number of para-hydroxylation sites is 1. The second kappa shape index (κ2) is 10.9. The van der Waals surface area contributed by atoms with Gasteiger partial charge in [0, 0.05) is 58.4 Å². The van der Waals surface area contributed by atoms with Gasteiger partial charge in [-0.1, -0.05) is 30.3 Å². The number of nitrogens with one attached hydrogen (secondary N) is 2. The maximum atomic E-state index is 12.8. The first-order valence-corrected chi connectivity index (χ1v) is 10.6. The SMILES string of the molecule is CN=C(NCCC(=O)N1CCN(c2ccccc2)CC1)NCc1cccc(C(F)(F)F)c1. The zero-order valence-corrected chi connectivity index (χ0v) is 18.0. The summed E-state index contributed by atoms with van der Waals surface area (Å²) in [5, 5.41) is 6.03. The molecule has 9 heteroatoms. The van der Waals surface area contributed by atoms with E-state index in [9.17, 15) is 18.0 Å². The lowest BCUT2D eigenvalue weighted by Gasteiger charge is -2.36. The zero-order valence-electron chi connectivity index (χ0n) is 18.0. The molecule has 0 aliphatic carbocycles. The Hall–Kier alpha value is -3.23. The van der Waals surface area contributed by atoms with E-state index in [1.54, 1.807) is 13.1 Å². The molecule has 1 fully saturated rings. The molecule has 0 aromatic heterocycles. The molecule has 0 unspecified atom stereocenters. The van der Waals surface area contributed by atoms with Crippen molar-refractivity contribution in [2.75, 3.05) is 44.7 Å². The summed E-state index contributed by atoms with van der Waals surface area (Å²) in [5.74, 6) is 0.502. The maximum Gasteiger partial charge on any atom is 0.416 e. The van der Waals surface area contributed by atoms with Crippen molar-refractivity contribution in [2.45, 2.75) is 19.1 Å². The zero-order chi connectivity index (χ0) is 23.0. The van der Waals surface area contributed by atoms with Crippen LogP contribution in [0.2, 0.25) is 0 Å². The fourth-order valence-electron chi connectivity index (χ4n) is 3.56. The first kappa shape index (κ1) is 23.4. The summed E-state index contributed by atoms with van der Waals surface area (Å²) in [6.07, 6.45) is -4.06. The van der Waals surface area contributed by atoms with Crippen molar-refractivity contribution < 1.29 is 18.0 Å². The quantitative estimate of drug-likeness (QED) is 0.528. The van der Waals surface area contributed by atoms with E-state index in [1.165, 1.54) is 6.07 Å². The number of benzene rings is 2. The van der Waals surface area contributed by atoms with E-state index in [0.29, 0.717) is 37.6 Å². The number of piperazine rings is 1. The molecule has 1 heterocycles. The van der Waals surface area contributed by atoms with Crippen LogP contribution in [0.3, 0.4) is 0 Å². The number of halogens is 3. The second-order valence-electron chi connectivity index (χ2n) is 7.50. The molecule has 0 bridgehead atoms. The summed E-state index contributed by atoms with van der Waals surface area (Å²) in [4.78, 5) is 20.7. The number of anilines is 1. The highest BCUT2D eigenvalue weighted by molar-refractivity contribution is 5.81. The van der Waals surface area contributed by atoms with Gasteiger partial charge in [-0.2, -0.15) is 13.2 Å². The van der Waals surface area contributed by atoms with Crippen molar-refractivity contribution in [3.63, 3.8) is 0 Å². The Bertz CT molecular complexity index is 909. The molecule has 0 saturated carbocycles. The summed E-state index contributed by atoms with van der Waals surface area (Å²) in [6, 6.07) is 15.3. The van der Waals surface area contributed by atoms with Gasteiger partial charge in [0.1, 0.15) is 0 Å². The lowest BCUT2D eigenvalue weighted by Crippen LogP contribution is -2.49. The average molecular weight is 448 g/mol.